The summed E-state index contributed by atoms with van der Waals surface area (Å²) in [6, 6.07) is -0.172. The van der Waals surface area contributed by atoms with Crippen molar-refractivity contribution in [1.29, 1.82) is 0 Å². The topological polar surface area (TPSA) is 86.7 Å². The lowest BCUT2D eigenvalue weighted by atomic mass is 10.1. The van der Waals surface area contributed by atoms with Crippen LogP contribution in [0.4, 0.5) is 0 Å². The van der Waals surface area contributed by atoms with Crippen molar-refractivity contribution in [2.24, 2.45) is 5.73 Å². The van der Waals surface area contributed by atoms with Crippen LogP contribution in [0.15, 0.2) is 4.79 Å². The van der Waals surface area contributed by atoms with E-state index in [9.17, 15) is 4.79 Å². The highest BCUT2D eigenvalue weighted by Crippen LogP contribution is 2.12. The van der Waals surface area contributed by atoms with Gasteiger partial charge in [0.15, 0.2) is 0 Å². The third-order valence-corrected chi connectivity index (χ3v) is 1.93. The zero-order chi connectivity index (χ0) is 7.84. The number of aromatic amines is 2. The second-order valence-corrected chi connectivity index (χ2v) is 2.71. The van der Waals surface area contributed by atoms with Crippen LogP contribution < -0.4 is 16.6 Å². The molecule has 5 nitrogen and oxygen atoms in total. The molecule has 1 aromatic rings. The van der Waals surface area contributed by atoms with Crippen molar-refractivity contribution in [3.8, 4) is 0 Å². The maximum absolute atomic E-state index is 11.1. The van der Waals surface area contributed by atoms with Gasteiger partial charge in [-0.15, -0.1) is 0 Å². The van der Waals surface area contributed by atoms with Crippen molar-refractivity contribution in [2.45, 2.75) is 12.6 Å². The molecule has 1 aliphatic heterocycles. The maximum atomic E-state index is 11.1. The van der Waals surface area contributed by atoms with E-state index in [1.807, 2.05) is 0 Å². The van der Waals surface area contributed by atoms with Gasteiger partial charge in [0.25, 0.3) is 5.56 Å². The Bertz CT molecular complexity index is 313. The molecule has 11 heavy (non-hydrogen) atoms. The molecule has 0 saturated heterocycles. The maximum Gasteiger partial charge on any atom is 0.269 e. The molecule has 0 amide bonds. The lowest BCUT2D eigenvalue weighted by Gasteiger charge is -2.17. The zero-order valence-corrected chi connectivity index (χ0v) is 5.98. The van der Waals surface area contributed by atoms with Crippen molar-refractivity contribution in [1.82, 2.24) is 15.5 Å². The number of hydrogen-bond acceptors (Lipinski definition) is 3. The summed E-state index contributed by atoms with van der Waals surface area (Å²) in [5, 5.41) is 8.37. The van der Waals surface area contributed by atoms with Gasteiger partial charge in [-0.3, -0.25) is 9.89 Å². The standard InChI is InChI=1S/C6H10N4O/c7-3-1-8-2-4-5(3)6(11)10-9-4/h3,8H,1-2,7H2,(H2,9,10,11)/t3-/m0/s1. The quantitative estimate of drug-likeness (QED) is 0.379. The first-order valence-electron chi connectivity index (χ1n) is 3.55. The summed E-state index contributed by atoms with van der Waals surface area (Å²) in [6.45, 7) is 1.37. The van der Waals surface area contributed by atoms with E-state index < -0.39 is 0 Å². The summed E-state index contributed by atoms with van der Waals surface area (Å²) >= 11 is 0. The van der Waals surface area contributed by atoms with Crippen molar-refractivity contribution in [3.05, 3.63) is 21.6 Å². The number of nitrogens with two attached hydrogens (primary N) is 1. The molecule has 0 aromatic carbocycles. The molecule has 0 unspecified atom stereocenters. The second kappa shape index (κ2) is 2.21. The van der Waals surface area contributed by atoms with Gasteiger partial charge in [0, 0.05) is 19.1 Å². The minimum absolute atomic E-state index is 0.0889. The first-order chi connectivity index (χ1) is 5.29. The van der Waals surface area contributed by atoms with Crippen LogP contribution in [0.3, 0.4) is 0 Å². The fourth-order valence-corrected chi connectivity index (χ4v) is 1.39. The van der Waals surface area contributed by atoms with Crippen LogP contribution in [0, 0.1) is 0 Å². The summed E-state index contributed by atoms with van der Waals surface area (Å²) in [5.41, 5.74) is 7.18. The van der Waals surface area contributed by atoms with Crippen molar-refractivity contribution in [3.63, 3.8) is 0 Å². The minimum atomic E-state index is -0.172. The average molecular weight is 154 g/mol. The SMILES string of the molecule is N[C@H]1CNCc2[nH][nH]c(=O)c21. The van der Waals surface area contributed by atoms with E-state index in [1.54, 1.807) is 0 Å². The van der Waals surface area contributed by atoms with Crippen LogP contribution in [-0.2, 0) is 6.54 Å². The molecule has 0 saturated carbocycles. The zero-order valence-electron chi connectivity index (χ0n) is 5.98. The van der Waals surface area contributed by atoms with Gasteiger partial charge in [0.2, 0.25) is 0 Å². The smallest absolute Gasteiger partial charge is 0.269 e. The highest BCUT2D eigenvalue weighted by atomic mass is 16.1. The Labute approximate surface area is 63.0 Å². The largest absolute Gasteiger partial charge is 0.323 e. The molecule has 1 aromatic heterocycles. The van der Waals surface area contributed by atoms with Crippen LogP contribution in [0.1, 0.15) is 17.3 Å². The molecule has 2 rings (SSSR count). The van der Waals surface area contributed by atoms with E-state index in [1.165, 1.54) is 0 Å². The van der Waals surface area contributed by atoms with Crippen molar-refractivity contribution in [2.75, 3.05) is 6.54 Å². The van der Waals surface area contributed by atoms with Gasteiger partial charge >= 0.3 is 0 Å². The number of fused-ring (bicyclic) bond motifs is 1. The fraction of sp³-hybridized carbons (Fsp3) is 0.500. The Kier molecular flexibility index (Phi) is 1.33. The van der Waals surface area contributed by atoms with Crippen LogP contribution in [0.25, 0.3) is 0 Å². The Morgan fingerprint density at radius 3 is 3.00 bits per heavy atom. The lowest BCUT2D eigenvalue weighted by Crippen LogP contribution is -2.35. The van der Waals surface area contributed by atoms with Crippen LogP contribution in [0.5, 0.6) is 0 Å². The van der Waals surface area contributed by atoms with E-state index in [0.717, 1.165) is 5.69 Å². The van der Waals surface area contributed by atoms with Crippen LogP contribution >= 0.6 is 0 Å². The van der Waals surface area contributed by atoms with Gasteiger partial charge in [-0.25, -0.2) is 0 Å². The van der Waals surface area contributed by atoms with Gasteiger partial charge in [0.05, 0.1) is 11.3 Å². The highest BCUT2D eigenvalue weighted by Gasteiger charge is 2.20. The number of rotatable bonds is 0. The minimum Gasteiger partial charge on any atom is -0.323 e. The summed E-state index contributed by atoms with van der Waals surface area (Å²) < 4.78 is 0. The summed E-state index contributed by atoms with van der Waals surface area (Å²) in [4.78, 5) is 11.1. The Balaban J connectivity index is 2.56. The average Bonchev–Trinajstić information content (AvgIpc) is 2.34. The van der Waals surface area contributed by atoms with E-state index >= 15 is 0 Å². The Hall–Kier alpha value is -1.07. The predicted molar refractivity (Wildman–Crippen MR) is 40.0 cm³/mol. The third kappa shape index (κ3) is 0.892. The number of hydrogen-bond donors (Lipinski definition) is 4. The van der Waals surface area contributed by atoms with E-state index in [-0.39, 0.29) is 11.6 Å². The molecular formula is C6H10N4O. The molecule has 0 bridgehead atoms. The number of nitrogens with one attached hydrogen (secondary N) is 3. The molecule has 5 heteroatoms. The van der Waals surface area contributed by atoms with Crippen molar-refractivity contribution < 1.29 is 0 Å². The molecule has 2 heterocycles. The van der Waals surface area contributed by atoms with E-state index in [0.29, 0.717) is 18.7 Å². The van der Waals surface area contributed by atoms with E-state index in [4.69, 9.17) is 5.73 Å². The fourth-order valence-electron chi connectivity index (χ4n) is 1.39. The number of H-pyrrole nitrogens is 2. The molecule has 0 spiro atoms. The van der Waals surface area contributed by atoms with Crippen molar-refractivity contribution >= 4 is 0 Å². The molecule has 1 aliphatic rings. The van der Waals surface area contributed by atoms with Gasteiger partial charge in [-0.1, -0.05) is 0 Å². The number of aromatic nitrogens is 2. The van der Waals surface area contributed by atoms with Gasteiger partial charge in [0.1, 0.15) is 0 Å². The normalized spacial score (nSPS) is 23.2. The molecule has 60 valence electrons. The molecular weight excluding hydrogens is 144 g/mol. The molecule has 0 aliphatic carbocycles. The summed E-state index contributed by atoms with van der Waals surface area (Å²) in [7, 11) is 0. The molecule has 0 radical (unpaired) electrons. The monoisotopic (exact) mass is 154 g/mol. The first kappa shape index (κ1) is 6.63. The van der Waals surface area contributed by atoms with Gasteiger partial charge < -0.3 is 16.1 Å². The summed E-state index contributed by atoms with van der Waals surface area (Å²) in [5.74, 6) is 0. The Morgan fingerprint density at radius 1 is 1.45 bits per heavy atom. The van der Waals surface area contributed by atoms with Gasteiger partial charge in [-0.05, 0) is 0 Å². The molecule has 0 fully saturated rings. The summed E-state index contributed by atoms with van der Waals surface area (Å²) in [6.07, 6.45) is 0. The Morgan fingerprint density at radius 2 is 2.27 bits per heavy atom. The van der Waals surface area contributed by atoms with E-state index in [2.05, 4.69) is 15.5 Å². The predicted octanol–water partition coefficient (Wildman–Crippen LogP) is -1.19. The lowest BCUT2D eigenvalue weighted by molar-refractivity contribution is 0.548. The van der Waals surface area contributed by atoms with Crippen LogP contribution in [0.2, 0.25) is 0 Å². The molecule has 1 atom stereocenters. The van der Waals surface area contributed by atoms with Gasteiger partial charge in [-0.2, -0.15) is 0 Å². The third-order valence-electron chi connectivity index (χ3n) is 1.93. The molecule has 5 N–H and O–H groups in total. The van der Waals surface area contributed by atoms with Crippen LogP contribution in [-0.4, -0.2) is 16.7 Å². The highest BCUT2D eigenvalue weighted by molar-refractivity contribution is 5.23. The first-order valence-corrected chi connectivity index (χ1v) is 3.55. The second-order valence-electron chi connectivity index (χ2n) is 2.71.